The quantitative estimate of drug-likeness (QED) is 0.184. The van der Waals surface area contributed by atoms with E-state index in [0.29, 0.717) is 22.1 Å². The van der Waals surface area contributed by atoms with Gasteiger partial charge in [0.1, 0.15) is 11.0 Å². The maximum Gasteiger partial charge on any atom is 0.254 e. The molecule has 5 nitrogen and oxygen atoms in total. The first-order valence-electron chi connectivity index (χ1n) is 12.9. The van der Waals surface area contributed by atoms with E-state index in [1.165, 1.54) is 23.7 Å². The molecule has 1 saturated carbocycles. The van der Waals surface area contributed by atoms with Crippen LogP contribution in [0.4, 0.5) is 5.82 Å². The summed E-state index contributed by atoms with van der Waals surface area (Å²) >= 11 is 7.89. The predicted octanol–water partition coefficient (Wildman–Crippen LogP) is 7.10. The lowest BCUT2D eigenvalue weighted by molar-refractivity contribution is 0.0708. The number of amides is 1. The van der Waals surface area contributed by atoms with Crippen molar-refractivity contribution in [1.29, 1.82) is 0 Å². The normalized spacial score (nSPS) is 22.2. The Morgan fingerprint density at radius 1 is 1.05 bits per heavy atom. The number of thioether (sulfide) groups is 1. The molecule has 1 amide bonds. The summed E-state index contributed by atoms with van der Waals surface area (Å²) in [6, 6.07) is 20.4. The summed E-state index contributed by atoms with van der Waals surface area (Å²) in [5, 5.41) is 1.05. The van der Waals surface area contributed by atoms with Crippen LogP contribution in [-0.2, 0) is 12.3 Å². The standard InChI is InChI=1S/C30H35ClN4OS/c1-29(2)15-24-16-30(3,19-29)20-35(24)27(36)23-12-8-11-22(13-23)18-37-28-32-25(31)14-26(33-28)34(4)17-21-9-6-5-7-10-21/h5-14,24H,15-20H2,1-4H3. The lowest BCUT2D eigenvalue weighted by atomic mass is 9.65. The number of aromatic nitrogens is 2. The van der Waals surface area contributed by atoms with E-state index >= 15 is 0 Å². The Morgan fingerprint density at radius 2 is 1.81 bits per heavy atom. The second kappa shape index (κ2) is 10.3. The SMILES string of the molecule is CN(Cc1ccccc1)c1cc(Cl)nc(SCc2cccc(C(=O)N3CC4(C)CC3CC(C)(C)C4)c2)n1. The molecule has 2 bridgehead atoms. The van der Waals surface area contributed by atoms with E-state index in [-0.39, 0.29) is 16.7 Å². The van der Waals surface area contributed by atoms with Gasteiger partial charge in [0, 0.05) is 43.6 Å². The number of nitrogens with zero attached hydrogens (tertiary/aromatic N) is 4. The van der Waals surface area contributed by atoms with E-state index in [0.717, 1.165) is 42.9 Å². The van der Waals surface area contributed by atoms with Gasteiger partial charge in [-0.1, -0.05) is 86.6 Å². The highest BCUT2D eigenvalue weighted by atomic mass is 35.5. The molecule has 1 aliphatic heterocycles. The zero-order valence-electron chi connectivity index (χ0n) is 22.1. The number of halogens is 1. The largest absolute Gasteiger partial charge is 0.355 e. The highest BCUT2D eigenvalue weighted by molar-refractivity contribution is 7.98. The fourth-order valence-corrected chi connectivity index (χ4v) is 7.41. The smallest absolute Gasteiger partial charge is 0.254 e. The number of anilines is 1. The van der Waals surface area contributed by atoms with Crippen molar-refractivity contribution in [1.82, 2.24) is 14.9 Å². The third kappa shape index (κ3) is 6.12. The molecule has 1 aromatic heterocycles. The van der Waals surface area contributed by atoms with Gasteiger partial charge in [0.25, 0.3) is 5.91 Å². The van der Waals surface area contributed by atoms with Crippen LogP contribution in [0, 0.1) is 10.8 Å². The van der Waals surface area contributed by atoms with Crippen LogP contribution in [0.3, 0.4) is 0 Å². The first kappa shape index (κ1) is 26.1. The van der Waals surface area contributed by atoms with Crippen LogP contribution < -0.4 is 4.90 Å². The number of rotatable bonds is 7. The number of carbonyl (C=O) groups excluding carboxylic acids is 1. The van der Waals surface area contributed by atoms with E-state index < -0.39 is 0 Å². The van der Waals surface area contributed by atoms with Gasteiger partial charge in [0.2, 0.25) is 0 Å². The van der Waals surface area contributed by atoms with Crippen molar-refractivity contribution >= 4 is 35.1 Å². The Bertz CT molecular complexity index is 1280. The van der Waals surface area contributed by atoms with Crippen LogP contribution in [0.5, 0.6) is 0 Å². The summed E-state index contributed by atoms with van der Waals surface area (Å²) in [6.07, 6.45) is 3.38. The molecule has 1 saturated heterocycles. The minimum atomic E-state index is 0.155. The molecule has 5 rings (SSSR count). The van der Waals surface area contributed by atoms with Crippen molar-refractivity contribution in [3.63, 3.8) is 0 Å². The molecule has 0 radical (unpaired) electrons. The maximum absolute atomic E-state index is 13.6. The van der Waals surface area contributed by atoms with Gasteiger partial charge in [-0.05, 0) is 53.4 Å². The molecule has 2 unspecified atom stereocenters. The molecule has 194 valence electrons. The molecule has 37 heavy (non-hydrogen) atoms. The molecule has 2 aromatic carbocycles. The number of hydrogen-bond acceptors (Lipinski definition) is 5. The van der Waals surface area contributed by atoms with Gasteiger partial charge in [-0.3, -0.25) is 4.79 Å². The van der Waals surface area contributed by atoms with Crippen molar-refractivity contribution in [3.8, 4) is 0 Å². The van der Waals surface area contributed by atoms with Crippen molar-refractivity contribution in [2.45, 2.75) is 63.5 Å². The summed E-state index contributed by atoms with van der Waals surface area (Å²) in [6.45, 7) is 8.61. The van der Waals surface area contributed by atoms with Gasteiger partial charge >= 0.3 is 0 Å². The van der Waals surface area contributed by atoms with E-state index in [1.54, 1.807) is 6.07 Å². The first-order chi connectivity index (χ1) is 17.6. The minimum absolute atomic E-state index is 0.155. The fourth-order valence-electron chi connectivity index (χ4n) is 6.39. The second-order valence-corrected chi connectivity index (χ2v) is 13.1. The topological polar surface area (TPSA) is 49.3 Å². The highest BCUT2D eigenvalue weighted by Crippen LogP contribution is 2.52. The van der Waals surface area contributed by atoms with Crippen LogP contribution in [0.2, 0.25) is 5.15 Å². The first-order valence-corrected chi connectivity index (χ1v) is 14.3. The summed E-state index contributed by atoms with van der Waals surface area (Å²) in [7, 11) is 2.00. The van der Waals surface area contributed by atoms with Gasteiger partial charge in [0.15, 0.2) is 5.16 Å². The van der Waals surface area contributed by atoms with Crippen molar-refractivity contribution in [3.05, 3.63) is 82.5 Å². The van der Waals surface area contributed by atoms with Gasteiger partial charge in [-0.15, -0.1) is 0 Å². The van der Waals surface area contributed by atoms with Gasteiger partial charge in [0.05, 0.1) is 0 Å². The van der Waals surface area contributed by atoms with Crippen LogP contribution in [-0.4, -0.2) is 40.4 Å². The van der Waals surface area contributed by atoms with Crippen LogP contribution in [0.1, 0.15) is 61.5 Å². The Hall–Kier alpha value is -2.57. The zero-order valence-corrected chi connectivity index (χ0v) is 23.6. The zero-order chi connectivity index (χ0) is 26.2. The minimum Gasteiger partial charge on any atom is -0.355 e. The lowest BCUT2D eigenvalue weighted by Crippen LogP contribution is -2.37. The average Bonchev–Trinajstić information content (AvgIpc) is 3.11. The summed E-state index contributed by atoms with van der Waals surface area (Å²) in [5.74, 6) is 1.60. The maximum atomic E-state index is 13.6. The molecule has 2 atom stereocenters. The molecule has 2 heterocycles. The van der Waals surface area contributed by atoms with Gasteiger partial charge in [-0.2, -0.15) is 0 Å². The lowest BCUT2D eigenvalue weighted by Gasteiger charge is -2.39. The van der Waals surface area contributed by atoms with Gasteiger partial charge < -0.3 is 9.80 Å². The summed E-state index contributed by atoms with van der Waals surface area (Å²) in [5.41, 5.74) is 3.56. The van der Waals surface area contributed by atoms with Crippen molar-refractivity contribution in [2.24, 2.45) is 10.8 Å². The number of carbonyl (C=O) groups is 1. The molecule has 0 spiro atoms. The van der Waals surface area contributed by atoms with E-state index in [2.05, 4.69) is 53.8 Å². The predicted molar refractivity (Wildman–Crippen MR) is 152 cm³/mol. The Labute approximate surface area is 229 Å². The molecule has 2 fully saturated rings. The third-order valence-corrected chi connectivity index (χ3v) is 8.64. The Kier molecular flexibility index (Phi) is 7.25. The monoisotopic (exact) mass is 534 g/mol. The van der Waals surface area contributed by atoms with E-state index in [9.17, 15) is 4.79 Å². The number of fused-ring (bicyclic) bond motifs is 2. The average molecular weight is 535 g/mol. The van der Waals surface area contributed by atoms with E-state index in [1.807, 2.05) is 43.4 Å². The molecular weight excluding hydrogens is 500 g/mol. The summed E-state index contributed by atoms with van der Waals surface area (Å²) in [4.78, 5) is 26.9. The second-order valence-electron chi connectivity index (χ2n) is 11.8. The van der Waals surface area contributed by atoms with Crippen LogP contribution in [0.15, 0.2) is 65.8 Å². The Balaban J connectivity index is 1.26. The summed E-state index contributed by atoms with van der Waals surface area (Å²) < 4.78 is 0. The molecule has 2 aliphatic rings. The van der Waals surface area contributed by atoms with Gasteiger partial charge in [-0.25, -0.2) is 9.97 Å². The third-order valence-electron chi connectivity index (χ3n) is 7.53. The van der Waals surface area contributed by atoms with Crippen molar-refractivity contribution < 1.29 is 4.79 Å². The molecule has 0 N–H and O–H groups in total. The number of likely N-dealkylation sites (tertiary alicyclic amines) is 1. The molecule has 7 heteroatoms. The molecular formula is C30H35ClN4OS. The fraction of sp³-hybridized carbons (Fsp3) is 0.433. The highest BCUT2D eigenvalue weighted by Gasteiger charge is 2.51. The van der Waals surface area contributed by atoms with E-state index in [4.69, 9.17) is 16.6 Å². The molecule has 3 aromatic rings. The van der Waals surface area contributed by atoms with Crippen LogP contribution >= 0.6 is 23.4 Å². The van der Waals surface area contributed by atoms with Crippen molar-refractivity contribution in [2.75, 3.05) is 18.5 Å². The molecule has 1 aliphatic carbocycles. The Morgan fingerprint density at radius 3 is 2.59 bits per heavy atom. The van der Waals surface area contributed by atoms with Crippen LogP contribution in [0.25, 0.3) is 0 Å². The number of benzene rings is 2. The number of hydrogen-bond donors (Lipinski definition) is 0.